The molecule has 0 aliphatic heterocycles. The van der Waals surface area contributed by atoms with Crippen molar-refractivity contribution in [3.8, 4) is 0 Å². The van der Waals surface area contributed by atoms with E-state index in [0.717, 1.165) is 25.7 Å². The standard InChI is InChI=1S/C18H30O6.CH4/c1-3-21-13-7-9-15-23-17(19)11-5-6-12-18(20)24-16-10-8-14-22-4-2;/h3-4H,1-2,5-16H2;1H4. The first kappa shape index (κ1) is 25.3. The van der Waals surface area contributed by atoms with Gasteiger partial charge in [0.2, 0.25) is 0 Å². The smallest absolute Gasteiger partial charge is 0.305 e. The van der Waals surface area contributed by atoms with E-state index >= 15 is 0 Å². The quantitative estimate of drug-likeness (QED) is 0.221. The molecule has 0 heterocycles. The maximum atomic E-state index is 11.5. The van der Waals surface area contributed by atoms with Crippen molar-refractivity contribution < 1.29 is 28.5 Å². The Morgan fingerprint density at radius 3 is 1.36 bits per heavy atom. The van der Waals surface area contributed by atoms with Crippen LogP contribution in [0.5, 0.6) is 0 Å². The lowest BCUT2D eigenvalue weighted by Gasteiger charge is -2.06. The van der Waals surface area contributed by atoms with Gasteiger partial charge in [-0.1, -0.05) is 20.6 Å². The van der Waals surface area contributed by atoms with Crippen LogP contribution in [0, 0.1) is 0 Å². The van der Waals surface area contributed by atoms with Gasteiger partial charge in [0.05, 0.1) is 39.0 Å². The normalized spacial score (nSPS) is 9.44. The Bertz CT molecular complexity index is 320. The van der Waals surface area contributed by atoms with Crippen molar-refractivity contribution in [1.29, 1.82) is 0 Å². The molecule has 0 saturated heterocycles. The lowest BCUT2D eigenvalue weighted by atomic mass is 10.2. The Labute approximate surface area is 152 Å². The molecule has 146 valence electrons. The van der Waals surface area contributed by atoms with Gasteiger partial charge in [0.25, 0.3) is 0 Å². The van der Waals surface area contributed by atoms with Crippen LogP contribution < -0.4 is 0 Å². The Balaban J connectivity index is 0. The van der Waals surface area contributed by atoms with Crippen LogP contribution >= 0.6 is 0 Å². The zero-order valence-electron chi connectivity index (χ0n) is 14.5. The van der Waals surface area contributed by atoms with Gasteiger partial charge in [0.15, 0.2) is 0 Å². The first-order valence-electron chi connectivity index (χ1n) is 8.47. The third-order valence-corrected chi connectivity index (χ3v) is 3.09. The topological polar surface area (TPSA) is 71.1 Å². The molecule has 0 fully saturated rings. The largest absolute Gasteiger partial charge is 0.502 e. The molecule has 0 saturated carbocycles. The summed E-state index contributed by atoms with van der Waals surface area (Å²) < 4.78 is 20.1. The Hall–Kier alpha value is -1.98. The second-order valence-electron chi connectivity index (χ2n) is 5.14. The molecular formula is C19H34O6. The number of carbonyl (C=O) groups is 2. The fourth-order valence-corrected chi connectivity index (χ4v) is 1.80. The van der Waals surface area contributed by atoms with Crippen molar-refractivity contribution in [2.45, 2.75) is 58.8 Å². The summed E-state index contributed by atoms with van der Waals surface area (Å²) in [5.41, 5.74) is 0. The molecule has 0 amide bonds. The van der Waals surface area contributed by atoms with Gasteiger partial charge in [-0.3, -0.25) is 9.59 Å². The number of esters is 2. The van der Waals surface area contributed by atoms with E-state index in [1.165, 1.54) is 12.5 Å². The van der Waals surface area contributed by atoms with Crippen molar-refractivity contribution in [1.82, 2.24) is 0 Å². The number of hydrogen-bond acceptors (Lipinski definition) is 6. The van der Waals surface area contributed by atoms with Crippen LogP contribution in [0.1, 0.15) is 58.8 Å². The summed E-state index contributed by atoms with van der Waals surface area (Å²) in [6.45, 7) is 8.86. The van der Waals surface area contributed by atoms with Crippen molar-refractivity contribution in [2.24, 2.45) is 0 Å². The van der Waals surface area contributed by atoms with Gasteiger partial charge < -0.3 is 18.9 Å². The average molecular weight is 358 g/mol. The van der Waals surface area contributed by atoms with E-state index in [1.807, 2.05) is 0 Å². The maximum absolute atomic E-state index is 11.5. The fourth-order valence-electron chi connectivity index (χ4n) is 1.80. The van der Waals surface area contributed by atoms with Crippen LogP contribution in [0.3, 0.4) is 0 Å². The second kappa shape index (κ2) is 20.1. The summed E-state index contributed by atoms with van der Waals surface area (Å²) in [4.78, 5) is 22.9. The molecule has 0 aromatic rings. The van der Waals surface area contributed by atoms with Gasteiger partial charge >= 0.3 is 11.9 Å². The maximum Gasteiger partial charge on any atom is 0.305 e. The molecule has 0 unspecified atom stereocenters. The molecule has 25 heavy (non-hydrogen) atoms. The Kier molecular flexibility index (Phi) is 20.3. The van der Waals surface area contributed by atoms with Crippen LogP contribution in [-0.4, -0.2) is 38.4 Å². The fraction of sp³-hybridized carbons (Fsp3) is 0.684. The van der Waals surface area contributed by atoms with Crippen LogP contribution in [0.4, 0.5) is 0 Å². The molecule has 6 heteroatoms. The van der Waals surface area contributed by atoms with Crippen molar-refractivity contribution in [2.75, 3.05) is 26.4 Å². The van der Waals surface area contributed by atoms with Crippen LogP contribution in [0.15, 0.2) is 25.7 Å². The van der Waals surface area contributed by atoms with Crippen molar-refractivity contribution >= 4 is 11.9 Å². The first-order valence-corrected chi connectivity index (χ1v) is 8.47. The van der Waals surface area contributed by atoms with E-state index in [4.69, 9.17) is 18.9 Å². The summed E-state index contributed by atoms with van der Waals surface area (Å²) in [5.74, 6) is -0.453. The van der Waals surface area contributed by atoms with E-state index in [9.17, 15) is 9.59 Å². The number of ether oxygens (including phenoxy) is 4. The zero-order valence-corrected chi connectivity index (χ0v) is 14.5. The highest BCUT2D eigenvalue weighted by Gasteiger charge is 2.06. The summed E-state index contributed by atoms with van der Waals surface area (Å²) in [6.07, 6.45) is 7.89. The third kappa shape index (κ3) is 20.0. The minimum atomic E-state index is -0.227. The molecule has 0 aliphatic rings. The van der Waals surface area contributed by atoms with Gasteiger partial charge in [-0.05, 0) is 38.5 Å². The molecule has 0 radical (unpaired) electrons. The van der Waals surface area contributed by atoms with Gasteiger partial charge in [0.1, 0.15) is 0 Å². The Morgan fingerprint density at radius 2 is 1.00 bits per heavy atom. The molecule has 0 N–H and O–H groups in total. The van der Waals surface area contributed by atoms with Gasteiger partial charge in [0, 0.05) is 12.8 Å². The van der Waals surface area contributed by atoms with E-state index in [-0.39, 0.29) is 19.4 Å². The van der Waals surface area contributed by atoms with E-state index in [1.54, 1.807) is 0 Å². The van der Waals surface area contributed by atoms with E-state index in [2.05, 4.69) is 13.2 Å². The summed E-state index contributed by atoms with van der Waals surface area (Å²) >= 11 is 0. The molecule has 0 aromatic carbocycles. The van der Waals surface area contributed by atoms with Gasteiger partial charge in [-0.25, -0.2) is 0 Å². The first-order chi connectivity index (χ1) is 11.7. The molecular weight excluding hydrogens is 324 g/mol. The van der Waals surface area contributed by atoms with Gasteiger partial charge in [-0.2, -0.15) is 0 Å². The van der Waals surface area contributed by atoms with Crippen LogP contribution in [0.25, 0.3) is 0 Å². The van der Waals surface area contributed by atoms with Crippen molar-refractivity contribution in [3.05, 3.63) is 25.7 Å². The van der Waals surface area contributed by atoms with Gasteiger partial charge in [-0.15, -0.1) is 0 Å². The molecule has 0 bridgehead atoms. The molecule has 6 nitrogen and oxygen atoms in total. The lowest BCUT2D eigenvalue weighted by Crippen LogP contribution is -2.08. The molecule has 0 rings (SSSR count). The average Bonchev–Trinajstić information content (AvgIpc) is 2.58. The second-order valence-corrected chi connectivity index (χ2v) is 5.14. The molecule has 0 aliphatic carbocycles. The Morgan fingerprint density at radius 1 is 0.640 bits per heavy atom. The van der Waals surface area contributed by atoms with E-state index in [0.29, 0.717) is 52.1 Å². The summed E-state index contributed by atoms with van der Waals surface area (Å²) in [7, 11) is 0. The lowest BCUT2D eigenvalue weighted by molar-refractivity contribution is -0.146. The monoisotopic (exact) mass is 358 g/mol. The SMILES string of the molecule is C.C=COCCCCOC(=O)CCCCC(=O)OCCCCOC=C. The minimum absolute atomic E-state index is 0. The number of carbonyl (C=O) groups excluding carboxylic acids is 2. The number of rotatable bonds is 17. The number of hydrogen-bond donors (Lipinski definition) is 0. The third-order valence-electron chi connectivity index (χ3n) is 3.09. The minimum Gasteiger partial charge on any atom is -0.502 e. The highest BCUT2D eigenvalue weighted by atomic mass is 16.5. The molecule has 0 aromatic heterocycles. The highest BCUT2D eigenvalue weighted by Crippen LogP contribution is 2.04. The molecule has 0 atom stereocenters. The van der Waals surface area contributed by atoms with Crippen LogP contribution in [-0.2, 0) is 28.5 Å². The predicted octanol–water partition coefficient (Wildman–Crippen LogP) is 4.15. The van der Waals surface area contributed by atoms with Crippen molar-refractivity contribution in [3.63, 3.8) is 0 Å². The summed E-state index contributed by atoms with van der Waals surface area (Å²) in [6, 6.07) is 0. The molecule has 0 spiro atoms. The predicted molar refractivity (Wildman–Crippen MR) is 97.9 cm³/mol. The van der Waals surface area contributed by atoms with E-state index < -0.39 is 0 Å². The van der Waals surface area contributed by atoms with Crippen LogP contribution in [0.2, 0.25) is 0 Å². The highest BCUT2D eigenvalue weighted by molar-refractivity contribution is 5.70. The summed E-state index contributed by atoms with van der Waals surface area (Å²) in [5, 5.41) is 0. The zero-order chi connectivity index (χ0) is 17.9. The number of unbranched alkanes of at least 4 members (excludes halogenated alkanes) is 3.